The molecule has 0 amide bonds. The van der Waals surface area contributed by atoms with E-state index in [1.165, 1.54) is 11.1 Å². The van der Waals surface area contributed by atoms with Gasteiger partial charge in [-0.1, -0.05) is 35.9 Å². The first-order chi connectivity index (χ1) is 10.6. The first kappa shape index (κ1) is 13.1. The van der Waals surface area contributed by atoms with Crippen LogP contribution in [0.25, 0.3) is 10.9 Å². The summed E-state index contributed by atoms with van der Waals surface area (Å²) in [7, 11) is 0. The second kappa shape index (κ2) is 4.73. The van der Waals surface area contributed by atoms with Gasteiger partial charge in [0.2, 0.25) is 0 Å². The third kappa shape index (κ3) is 1.93. The van der Waals surface area contributed by atoms with Crippen LogP contribution < -0.4 is 0 Å². The molecule has 1 aliphatic carbocycles. The Labute approximate surface area is 128 Å². The van der Waals surface area contributed by atoms with Crippen LogP contribution in [0, 0.1) is 6.92 Å². The highest BCUT2D eigenvalue weighted by atomic mass is 16.4. The van der Waals surface area contributed by atoms with E-state index in [-0.39, 0.29) is 6.04 Å². The normalized spacial score (nSPS) is 14.4. The monoisotopic (exact) mass is 291 g/mol. The van der Waals surface area contributed by atoms with Crippen molar-refractivity contribution in [3.8, 4) is 0 Å². The summed E-state index contributed by atoms with van der Waals surface area (Å²) in [4.78, 5) is 11.7. The molecule has 3 heteroatoms. The van der Waals surface area contributed by atoms with E-state index in [9.17, 15) is 9.90 Å². The molecule has 0 aliphatic heterocycles. The second-order valence-electron chi connectivity index (χ2n) is 6.10. The zero-order valence-electron chi connectivity index (χ0n) is 12.4. The number of aromatic nitrogens is 1. The van der Waals surface area contributed by atoms with Crippen molar-refractivity contribution in [2.24, 2.45) is 0 Å². The highest BCUT2D eigenvalue weighted by molar-refractivity contribution is 5.95. The standard InChI is InChI=1S/C19H17NO2/c1-12-6-7-17-15(8-12)11-18(19(21)22)20(17)16-9-13-4-2-3-5-14(13)10-16/h2-8,11,16H,9-10H2,1H3,(H,21,22). The summed E-state index contributed by atoms with van der Waals surface area (Å²) >= 11 is 0. The van der Waals surface area contributed by atoms with Crippen LogP contribution in [0.5, 0.6) is 0 Å². The van der Waals surface area contributed by atoms with Crippen molar-refractivity contribution in [2.45, 2.75) is 25.8 Å². The molecule has 0 spiro atoms. The molecule has 22 heavy (non-hydrogen) atoms. The molecule has 0 radical (unpaired) electrons. The lowest BCUT2D eigenvalue weighted by Crippen LogP contribution is -2.15. The molecule has 1 aliphatic rings. The Balaban J connectivity index is 1.88. The van der Waals surface area contributed by atoms with Gasteiger partial charge >= 0.3 is 5.97 Å². The molecule has 1 heterocycles. The zero-order chi connectivity index (χ0) is 15.3. The van der Waals surface area contributed by atoms with Gasteiger partial charge in [0.15, 0.2) is 0 Å². The van der Waals surface area contributed by atoms with E-state index in [4.69, 9.17) is 0 Å². The van der Waals surface area contributed by atoms with Gasteiger partial charge in [0.25, 0.3) is 0 Å². The average Bonchev–Trinajstić information content (AvgIpc) is 3.06. The number of carboxylic acids is 1. The molecular weight excluding hydrogens is 274 g/mol. The molecule has 4 rings (SSSR count). The summed E-state index contributed by atoms with van der Waals surface area (Å²) in [5, 5.41) is 10.6. The Kier molecular flexibility index (Phi) is 2.83. The molecule has 1 N–H and O–H groups in total. The third-order valence-electron chi connectivity index (χ3n) is 4.61. The van der Waals surface area contributed by atoms with Crippen molar-refractivity contribution >= 4 is 16.9 Å². The number of benzene rings is 2. The zero-order valence-corrected chi connectivity index (χ0v) is 12.4. The Morgan fingerprint density at radius 3 is 2.41 bits per heavy atom. The predicted molar refractivity (Wildman–Crippen MR) is 86.5 cm³/mol. The Bertz CT molecular complexity index is 867. The van der Waals surface area contributed by atoms with E-state index in [1.54, 1.807) is 6.07 Å². The van der Waals surface area contributed by atoms with Gasteiger partial charge in [0.05, 0.1) is 0 Å². The molecule has 0 fully saturated rings. The third-order valence-corrected chi connectivity index (χ3v) is 4.61. The summed E-state index contributed by atoms with van der Waals surface area (Å²) in [5.74, 6) is -0.857. The van der Waals surface area contributed by atoms with Crippen molar-refractivity contribution < 1.29 is 9.90 Å². The highest BCUT2D eigenvalue weighted by Gasteiger charge is 2.27. The van der Waals surface area contributed by atoms with Crippen molar-refractivity contribution in [1.82, 2.24) is 4.57 Å². The number of hydrogen-bond acceptors (Lipinski definition) is 1. The number of fused-ring (bicyclic) bond motifs is 2. The first-order valence-electron chi connectivity index (χ1n) is 7.55. The van der Waals surface area contributed by atoms with E-state index >= 15 is 0 Å². The summed E-state index contributed by atoms with van der Waals surface area (Å²) in [6.45, 7) is 2.03. The van der Waals surface area contributed by atoms with Crippen molar-refractivity contribution in [3.05, 3.63) is 70.9 Å². The van der Waals surface area contributed by atoms with E-state index in [2.05, 4.69) is 30.3 Å². The van der Waals surface area contributed by atoms with Gasteiger partial charge in [-0.15, -0.1) is 0 Å². The largest absolute Gasteiger partial charge is 0.477 e. The van der Waals surface area contributed by atoms with Gasteiger partial charge in [-0.25, -0.2) is 4.79 Å². The lowest BCUT2D eigenvalue weighted by Gasteiger charge is -2.16. The van der Waals surface area contributed by atoms with Crippen LogP contribution in [0.2, 0.25) is 0 Å². The molecule has 1 aromatic heterocycles. The first-order valence-corrected chi connectivity index (χ1v) is 7.55. The van der Waals surface area contributed by atoms with Crippen molar-refractivity contribution in [3.63, 3.8) is 0 Å². The summed E-state index contributed by atoms with van der Waals surface area (Å²) in [6, 6.07) is 16.5. The minimum atomic E-state index is -0.857. The van der Waals surface area contributed by atoms with E-state index in [0.717, 1.165) is 29.3 Å². The smallest absolute Gasteiger partial charge is 0.352 e. The van der Waals surface area contributed by atoms with Gasteiger partial charge in [-0.2, -0.15) is 0 Å². The van der Waals surface area contributed by atoms with Crippen LogP contribution in [0.4, 0.5) is 0 Å². The molecule has 0 bridgehead atoms. The van der Waals surface area contributed by atoms with Crippen LogP contribution >= 0.6 is 0 Å². The average molecular weight is 291 g/mol. The fourth-order valence-corrected chi connectivity index (χ4v) is 3.63. The summed E-state index contributed by atoms with van der Waals surface area (Å²) in [5.41, 5.74) is 5.21. The van der Waals surface area contributed by atoms with Crippen LogP contribution in [-0.2, 0) is 12.8 Å². The van der Waals surface area contributed by atoms with Crippen LogP contribution in [-0.4, -0.2) is 15.6 Å². The van der Waals surface area contributed by atoms with Gasteiger partial charge < -0.3 is 9.67 Å². The topological polar surface area (TPSA) is 42.2 Å². The number of nitrogens with zero attached hydrogens (tertiary/aromatic N) is 1. The number of aromatic carboxylic acids is 1. The Morgan fingerprint density at radius 2 is 1.77 bits per heavy atom. The van der Waals surface area contributed by atoms with Gasteiger partial charge in [0.1, 0.15) is 5.69 Å². The van der Waals surface area contributed by atoms with Gasteiger partial charge in [-0.3, -0.25) is 0 Å². The molecule has 0 saturated heterocycles. The fraction of sp³-hybridized carbons (Fsp3) is 0.211. The minimum absolute atomic E-state index is 0.184. The number of carboxylic acid groups (broad SMARTS) is 1. The fourth-order valence-electron chi connectivity index (χ4n) is 3.63. The molecule has 110 valence electrons. The van der Waals surface area contributed by atoms with Crippen molar-refractivity contribution in [2.75, 3.05) is 0 Å². The Morgan fingerprint density at radius 1 is 1.09 bits per heavy atom. The molecular formula is C19H17NO2. The number of carbonyl (C=O) groups is 1. The molecule has 0 atom stereocenters. The summed E-state index contributed by atoms with van der Waals surface area (Å²) in [6.07, 6.45) is 1.79. The lowest BCUT2D eigenvalue weighted by atomic mass is 10.1. The highest BCUT2D eigenvalue weighted by Crippen LogP contribution is 2.34. The number of aryl methyl sites for hydroxylation is 1. The maximum Gasteiger partial charge on any atom is 0.352 e. The van der Waals surface area contributed by atoms with Crippen LogP contribution in [0.15, 0.2) is 48.5 Å². The minimum Gasteiger partial charge on any atom is -0.477 e. The maximum atomic E-state index is 11.7. The SMILES string of the molecule is Cc1ccc2c(c1)cc(C(=O)O)n2C1Cc2ccccc2C1. The molecule has 3 aromatic rings. The lowest BCUT2D eigenvalue weighted by molar-refractivity contribution is 0.0683. The summed E-state index contributed by atoms with van der Waals surface area (Å²) < 4.78 is 2.01. The maximum absolute atomic E-state index is 11.7. The number of hydrogen-bond donors (Lipinski definition) is 1. The molecule has 0 saturated carbocycles. The number of rotatable bonds is 2. The van der Waals surface area contributed by atoms with E-state index in [1.807, 2.05) is 23.6 Å². The Hall–Kier alpha value is -2.55. The van der Waals surface area contributed by atoms with Gasteiger partial charge in [0, 0.05) is 16.9 Å². The predicted octanol–water partition coefficient (Wildman–Crippen LogP) is 3.99. The van der Waals surface area contributed by atoms with Crippen molar-refractivity contribution in [1.29, 1.82) is 0 Å². The van der Waals surface area contributed by atoms with E-state index in [0.29, 0.717) is 5.69 Å². The molecule has 3 nitrogen and oxygen atoms in total. The molecule has 0 unspecified atom stereocenters. The quantitative estimate of drug-likeness (QED) is 0.775. The van der Waals surface area contributed by atoms with Crippen LogP contribution in [0.3, 0.4) is 0 Å². The van der Waals surface area contributed by atoms with Gasteiger partial charge in [-0.05, 0) is 49.1 Å². The molecule has 2 aromatic carbocycles. The second-order valence-corrected chi connectivity index (χ2v) is 6.10. The van der Waals surface area contributed by atoms with Crippen LogP contribution in [0.1, 0.15) is 33.2 Å². The van der Waals surface area contributed by atoms with E-state index < -0.39 is 5.97 Å².